The fraction of sp³-hybridized carbons (Fsp3) is 0.154. The van der Waals surface area contributed by atoms with Crippen molar-refractivity contribution in [1.29, 1.82) is 0 Å². The SMILES string of the molecule is Cc1ccc(Oc2ncccc2C(F)(F)F)cc1. The van der Waals surface area contributed by atoms with Crippen molar-refractivity contribution in [1.82, 2.24) is 4.98 Å². The molecule has 0 fully saturated rings. The number of nitrogens with zero attached hydrogens (tertiary/aromatic N) is 1. The molecule has 94 valence electrons. The zero-order valence-corrected chi connectivity index (χ0v) is 9.53. The van der Waals surface area contributed by atoms with Gasteiger partial charge in [-0.25, -0.2) is 4.98 Å². The molecule has 0 aliphatic rings. The molecule has 0 bridgehead atoms. The molecule has 1 aromatic carbocycles. The van der Waals surface area contributed by atoms with Gasteiger partial charge in [-0.2, -0.15) is 13.2 Å². The van der Waals surface area contributed by atoms with Gasteiger partial charge >= 0.3 is 6.18 Å². The summed E-state index contributed by atoms with van der Waals surface area (Å²) in [7, 11) is 0. The Morgan fingerprint density at radius 1 is 1.06 bits per heavy atom. The minimum atomic E-state index is -4.48. The van der Waals surface area contributed by atoms with Crippen molar-refractivity contribution in [2.24, 2.45) is 0 Å². The lowest BCUT2D eigenvalue weighted by Gasteiger charge is -2.12. The van der Waals surface area contributed by atoms with E-state index in [1.54, 1.807) is 24.3 Å². The molecule has 0 atom stereocenters. The number of hydrogen-bond donors (Lipinski definition) is 0. The molecule has 2 aromatic rings. The second kappa shape index (κ2) is 4.68. The van der Waals surface area contributed by atoms with Gasteiger partial charge in [0.25, 0.3) is 0 Å². The van der Waals surface area contributed by atoms with Crippen molar-refractivity contribution in [3.05, 3.63) is 53.7 Å². The van der Waals surface area contributed by atoms with E-state index in [0.29, 0.717) is 5.75 Å². The quantitative estimate of drug-likeness (QED) is 0.800. The number of halogens is 3. The summed E-state index contributed by atoms with van der Waals surface area (Å²) in [6.07, 6.45) is -3.22. The number of rotatable bonds is 2. The van der Waals surface area contributed by atoms with Crippen molar-refractivity contribution >= 4 is 0 Å². The summed E-state index contributed by atoms with van der Waals surface area (Å²) >= 11 is 0. The molecular formula is C13H10F3NO. The van der Waals surface area contributed by atoms with Crippen molar-refractivity contribution in [3.63, 3.8) is 0 Å². The van der Waals surface area contributed by atoms with E-state index in [-0.39, 0.29) is 0 Å². The lowest BCUT2D eigenvalue weighted by Crippen LogP contribution is -2.08. The highest BCUT2D eigenvalue weighted by atomic mass is 19.4. The Bertz CT molecular complexity index is 535. The van der Waals surface area contributed by atoms with Crippen molar-refractivity contribution in [3.8, 4) is 11.6 Å². The van der Waals surface area contributed by atoms with Crippen LogP contribution in [0.25, 0.3) is 0 Å². The highest BCUT2D eigenvalue weighted by molar-refractivity contribution is 5.34. The van der Waals surface area contributed by atoms with Crippen LogP contribution in [0, 0.1) is 6.92 Å². The molecule has 0 aliphatic heterocycles. The molecule has 0 amide bonds. The summed E-state index contributed by atoms with van der Waals surface area (Å²) in [5.74, 6) is -0.112. The number of aromatic nitrogens is 1. The topological polar surface area (TPSA) is 22.1 Å². The first-order valence-corrected chi connectivity index (χ1v) is 5.23. The molecule has 0 aliphatic carbocycles. The molecule has 1 heterocycles. The van der Waals surface area contributed by atoms with E-state index < -0.39 is 17.6 Å². The van der Waals surface area contributed by atoms with E-state index in [0.717, 1.165) is 11.6 Å². The zero-order chi connectivity index (χ0) is 13.2. The van der Waals surface area contributed by atoms with E-state index in [4.69, 9.17) is 4.74 Å². The van der Waals surface area contributed by atoms with Crippen LogP contribution >= 0.6 is 0 Å². The average Bonchev–Trinajstić information content (AvgIpc) is 2.31. The standard InChI is InChI=1S/C13H10F3NO/c1-9-4-6-10(7-5-9)18-12-11(13(14,15)16)3-2-8-17-12/h2-8H,1H3. The van der Waals surface area contributed by atoms with Gasteiger partial charge in [0.05, 0.1) is 0 Å². The molecule has 0 unspecified atom stereocenters. The van der Waals surface area contributed by atoms with Crippen molar-refractivity contribution in [2.75, 3.05) is 0 Å². The monoisotopic (exact) mass is 253 g/mol. The van der Waals surface area contributed by atoms with Gasteiger partial charge in [-0.05, 0) is 31.2 Å². The van der Waals surface area contributed by atoms with Crippen LogP contribution in [0.4, 0.5) is 13.2 Å². The van der Waals surface area contributed by atoms with Crippen LogP contribution in [0.3, 0.4) is 0 Å². The number of hydrogen-bond acceptors (Lipinski definition) is 2. The second-order valence-electron chi connectivity index (χ2n) is 3.77. The number of pyridine rings is 1. The molecule has 0 radical (unpaired) electrons. The molecule has 0 saturated carbocycles. The van der Waals surface area contributed by atoms with Crippen LogP contribution in [0.1, 0.15) is 11.1 Å². The van der Waals surface area contributed by atoms with Crippen LogP contribution < -0.4 is 4.74 Å². The van der Waals surface area contributed by atoms with Crippen LogP contribution in [0.5, 0.6) is 11.6 Å². The van der Waals surface area contributed by atoms with E-state index in [2.05, 4.69) is 4.98 Å². The normalized spacial score (nSPS) is 11.3. The number of benzene rings is 1. The second-order valence-corrected chi connectivity index (χ2v) is 3.77. The average molecular weight is 253 g/mol. The molecule has 1 aromatic heterocycles. The van der Waals surface area contributed by atoms with Gasteiger partial charge in [0.15, 0.2) is 0 Å². The maximum absolute atomic E-state index is 12.7. The van der Waals surface area contributed by atoms with Crippen LogP contribution in [0.15, 0.2) is 42.6 Å². The van der Waals surface area contributed by atoms with Gasteiger partial charge in [-0.3, -0.25) is 0 Å². The number of alkyl halides is 3. The predicted molar refractivity (Wildman–Crippen MR) is 60.5 cm³/mol. The smallest absolute Gasteiger partial charge is 0.421 e. The van der Waals surface area contributed by atoms with E-state index in [1.807, 2.05) is 6.92 Å². The van der Waals surface area contributed by atoms with Crippen LogP contribution in [-0.4, -0.2) is 4.98 Å². The Labute approximate surface area is 102 Å². The lowest BCUT2D eigenvalue weighted by molar-refractivity contribution is -0.138. The van der Waals surface area contributed by atoms with E-state index >= 15 is 0 Å². The lowest BCUT2D eigenvalue weighted by atomic mass is 10.2. The molecular weight excluding hydrogens is 243 g/mol. The maximum Gasteiger partial charge on any atom is 0.421 e. The van der Waals surface area contributed by atoms with Crippen LogP contribution in [0.2, 0.25) is 0 Å². The summed E-state index contributed by atoms with van der Waals surface area (Å²) < 4.78 is 43.2. The largest absolute Gasteiger partial charge is 0.438 e. The molecule has 0 spiro atoms. The first-order chi connectivity index (χ1) is 8.47. The third-order valence-corrected chi connectivity index (χ3v) is 2.31. The van der Waals surface area contributed by atoms with Crippen LogP contribution in [-0.2, 0) is 6.18 Å². The third kappa shape index (κ3) is 2.80. The fourth-order valence-corrected chi connectivity index (χ4v) is 1.41. The first kappa shape index (κ1) is 12.4. The first-order valence-electron chi connectivity index (χ1n) is 5.23. The van der Waals surface area contributed by atoms with Gasteiger partial charge in [0.1, 0.15) is 11.3 Å². The molecule has 2 nitrogen and oxygen atoms in total. The molecule has 18 heavy (non-hydrogen) atoms. The van der Waals surface area contributed by atoms with Gasteiger partial charge in [0, 0.05) is 6.20 Å². The Kier molecular flexibility index (Phi) is 3.23. The van der Waals surface area contributed by atoms with Crippen molar-refractivity contribution in [2.45, 2.75) is 13.1 Å². The summed E-state index contributed by atoms with van der Waals surface area (Å²) in [5.41, 5.74) is 0.116. The minimum Gasteiger partial charge on any atom is -0.438 e. The maximum atomic E-state index is 12.7. The summed E-state index contributed by atoms with van der Waals surface area (Å²) in [4.78, 5) is 3.62. The minimum absolute atomic E-state index is 0.324. The van der Waals surface area contributed by atoms with Gasteiger partial charge in [-0.15, -0.1) is 0 Å². The fourth-order valence-electron chi connectivity index (χ4n) is 1.41. The zero-order valence-electron chi connectivity index (χ0n) is 9.53. The molecule has 0 saturated heterocycles. The predicted octanol–water partition coefficient (Wildman–Crippen LogP) is 4.20. The molecule has 5 heteroatoms. The number of ether oxygens (including phenoxy) is 1. The van der Waals surface area contributed by atoms with Gasteiger partial charge < -0.3 is 4.74 Å². The third-order valence-electron chi connectivity index (χ3n) is 2.31. The van der Waals surface area contributed by atoms with E-state index in [1.165, 1.54) is 12.3 Å². The van der Waals surface area contributed by atoms with Crippen molar-refractivity contribution < 1.29 is 17.9 Å². The van der Waals surface area contributed by atoms with E-state index in [9.17, 15) is 13.2 Å². The van der Waals surface area contributed by atoms with Gasteiger partial charge in [-0.1, -0.05) is 17.7 Å². The Morgan fingerprint density at radius 3 is 2.33 bits per heavy atom. The Morgan fingerprint density at radius 2 is 1.72 bits per heavy atom. The van der Waals surface area contributed by atoms with Gasteiger partial charge in [0.2, 0.25) is 5.88 Å². The Balaban J connectivity index is 2.32. The summed E-state index contributed by atoms with van der Waals surface area (Å²) in [5, 5.41) is 0. The highest BCUT2D eigenvalue weighted by Gasteiger charge is 2.35. The number of aryl methyl sites for hydroxylation is 1. The molecule has 2 rings (SSSR count). The Hall–Kier alpha value is -2.04. The highest BCUT2D eigenvalue weighted by Crippen LogP contribution is 2.36. The summed E-state index contributed by atoms with van der Waals surface area (Å²) in [6, 6.07) is 8.88. The summed E-state index contributed by atoms with van der Waals surface area (Å²) in [6.45, 7) is 1.88. The molecule has 0 N–H and O–H groups in total.